The fourth-order valence-electron chi connectivity index (χ4n) is 2.81. The number of pyridine rings is 1. The van der Waals surface area contributed by atoms with Crippen LogP contribution in [0.2, 0.25) is 0 Å². The Labute approximate surface area is 173 Å². The van der Waals surface area contributed by atoms with Crippen LogP contribution in [0.25, 0.3) is 10.9 Å². The number of aryl methyl sites for hydroxylation is 1. The highest BCUT2D eigenvalue weighted by atomic mass is 32.1. The number of carbonyl (C=O) groups excluding carboxylic acids is 1. The lowest BCUT2D eigenvalue weighted by molar-refractivity contribution is 0.127. The number of urea groups is 1. The Bertz CT molecular complexity index is 1070. The summed E-state index contributed by atoms with van der Waals surface area (Å²) >= 11 is 1.36. The van der Waals surface area contributed by atoms with E-state index in [1.807, 2.05) is 37.3 Å². The van der Waals surface area contributed by atoms with E-state index in [0.29, 0.717) is 18.3 Å². The number of hydrogen-bond acceptors (Lipinski definition) is 5. The maximum absolute atomic E-state index is 12.0. The summed E-state index contributed by atoms with van der Waals surface area (Å²) in [6.07, 6.45) is 4.30. The highest BCUT2D eigenvalue weighted by molar-refractivity contribution is 7.16. The molecule has 6 nitrogen and oxygen atoms in total. The SMILES string of the molecule is Cc1nc(NC(=O)NCCOCC2CC2)sc1C#Cc1cccc2ncccc12. The number of aromatic nitrogens is 2. The minimum atomic E-state index is -0.284. The molecule has 1 aliphatic carbocycles. The van der Waals surface area contributed by atoms with E-state index in [1.165, 1.54) is 24.2 Å². The van der Waals surface area contributed by atoms with Gasteiger partial charge in [-0.2, -0.15) is 0 Å². The molecule has 0 unspecified atom stereocenters. The molecule has 29 heavy (non-hydrogen) atoms. The summed E-state index contributed by atoms with van der Waals surface area (Å²) in [7, 11) is 0. The molecule has 2 heterocycles. The number of hydrogen-bond donors (Lipinski definition) is 2. The van der Waals surface area contributed by atoms with E-state index >= 15 is 0 Å². The predicted molar refractivity (Wildman–Crippen MR) is 115 cm³/mol. The van der Waals surface area contributed by atoms with Gasteiger partial charge in [-0.25, -0.2) is 9.78 Å². The standard InChI is InChI=1S/C22H22N4O2S/c1-15-20(10-9-17-4-2-6-19-18(17)5-3-11-23-19)29-22(25-15)26-21(27)24-12-13-28-14-16-7-8-16/h2-6,11,16H,7-8,12-14H2,1H3,(H2,24,25,26,27). The first kappa shape index (κ1) is 19.4. The number of nitrogens with zero attached hydrogens (tertiary/aromatic N) is 2. The van der Waals surface area contributed by atoms with Crippen molar-refractivity contribution in [2.24, 2.45) is 5.92 Å². The monoisotopic (exact) mass is 406 g/mol. The molecular formula is C22H22N4O2S. The summed E-state index contributed by atoms with van der Waals surface area (Å²) in [5.74, 6) is 7.12. The normalized spacial score (nSPS) is 13.0. The third kappa shape index (κ3) is 5.31. The first-order valence-corrected chi connectivity index (χ1v) is 10.5. The molecule has 2 N–H and O–H groups in total. The van der Waals surface area contributed by atoms with Crippen LogP contribution in [0.15, 0.2) is 36.5 Å². The molecular weight excluding hydrogens is 384 g/mol. The lowest BCUT2D eigenvalue weighted by atomic mass is 10.1. The first-order valence-electron chi connectivity index (χ1n) is 9.65. The molecule has 0 radical (unpaired) electrons. The Kier molecular flexibility index (Phi) is 6.03. The summed E-state index contributed by atoms with van der Waals surface area (Å²) in [6, 6.07) is 9.53. The average Bonchev–Trinajstić information content (AvgIpc) is 3.48. The van der Waals surface area contributed by atoms with E-state index in [4.69, 9.17) is 4.74 Å². The maximum Gasteiger partial charge on any atom is 0.321 e. The number of anilines is 1. The van der Waals surface area contributed by atoms with Gasteiger partial charge in [0.05, 0.1) is 17.8 Å². The lowest BCUT2D eigenvalue weighted by Gasteiger charge is -2.05. The van der Waals surface area contributed by atoms with Crippen LogP contribution in [0.1, 0.15) is 29.0 Å². The van der Waals surface area contributed by atoms with E-state index < -0.39 is 0 Å². The van der Waals surface area contributed by atoms with Crippen molar-refractivity contribution in [3.8, 4) is 11.8 Å². The molecule has 1 fully saturated rings. The van der Waals surface area contributed by atoms with Gasteiger partial charge >= 0.3 is 6.03 Å². The lowest BCUT2D eigenvalue weighted by Crippen LogP contribution is -2.31. The van der Waals surface area contributed by atoms with Crippen LogP contribution in [0.4, 0.5) is 9.93 Å². The van der Waals surface area contributed by atoms with Crippen molar-refractivity contribution in [2.75, 3.05) is 25.1 Å². The molecule has 0 atom stereocenters. The smallest absolute Gasteiger partial charge is 0.321 e. The molecule has 0 bridgehead atoms. The van der Waals surface area contributed by atoms with Gasteiger partial charge in [0, 0.05) is 30.3 Å². The fourth-order valence-corrected chi connectivity index (χ4v) is 3.63. The van der Waals surface area contributed by atoms with Gasteiger partial charge in [-0.3, -0.25) is 10.3 Å². The number of ether oxygens (including phenoxy) is 1. The molecule has 0 spiro atoms. The Balaban J connectivity index is 1.35. The van der Waals surface area contributed by atoms with Gasteiger partial charge in [-0.1, -0.05) is 29.4 Å². The second-order valence-electron chi connectivity index (χ2n) is 6.96. The maximum atomic E-state index is 12.0. The zero-order chi connectivity index (χ0) is 20.1. The van der Waals surface area contributed by atoms with Crippen molar-refractivity contribution in [1.82, 2.24) is 15.3 Å². The largest absolute Gasteiger partial charge is 0.379 e. The number of fused-ring (bicyclic) bond motifs is 1. The molecule has 0 saturated heterocycles. The fraction of sp³-hybridized carbons (Fsp3) is 0.318. The second kappa shape index (κ2) is 9.03. The van der Waals surface area contributed by atoms with Gasteiger partial charge < -0.3 is 10.1 Å². The molecule has 1 aromatic carbocycles. The third-order valence-electron chi connectivity index (χ3n) is 4.56. The minimum Gasteiger partial charge on any atom is -0.379 e. The molecule has 148 valence electrons. The number of amides is 2. The Hall–Kier alpha value is -2.95. The molecule has 7 heteroatoms. The van der Waals surface area contributed by atoms with Gasteiger partial charge in [0.1, 0.15) is 4.88 Å². The van der Waals surface area contributed by atoms with Crippen LogP contribution < -0.4 is 10.6 Å². The number of rotatable bonds is 6. The Morgan fingerprint density at radius 2 is 2.17 bits per heavy atom. The summed E-state index contributed by atoms with van der Waals surface area (Å²) < 4.78 is 5.51. The van der Waals surface area contributed by atoms with Crippen LogP contribution >= 0.6 is 11.3 Å². The molecule has 0 aliphatic heterocycles. The number of thiazole rings is 1. The van der Waals surface area contributed by atoms with Gasteiger partial charge in [-0.05, 0) is 49.8 Å². The van der Waals surface area contributed by atoms with Crippen molar-refractivity contribution in [3.05, 3.63) is 52.7 Å². The van der Waals surface area contributed by atoms with Crippen LogP contribution in [0.3, 0.4) is 0 Å². The van der Waals surface area contributed by atoms with E-state index in [2.05, 4.69) is 32.4 Å². The zero-order valence-corrected chi connectivity index (χ0v) is 17.0. The second-order valence-corrected chi connectivity index (χ2v) is 7.96. The average molecular weight is 407 g/mol. The number of carbonyl (C=O) groups is 1. The van der Waals surface area contributed by atoms with Crippen LogP contribution in [-0.4, -0.2) is 35.8 Å². The summed E-state index contributed by atoms with van der Waals surface area (Å²) in [4.78, 5) is 21.6. The first-order chi connectivity index (χ1) is 14.2. The highest BCUT2D eigenvalue weighted by Gasteiger charge is 2.20. The third-order valence-corrected chi connectivity index (χ3v) is 5.54. The van der Waals surface area contributed by atoms with Crippen molar-refractivity contribution >= 4 is 33.4 Å². The minimum absolute atomic E-state index is 0.284. The Morgan fingerprint density at radius 3 is 3.03 bits per heavy atom. The van der Waals surface area contributed by atoms with E-state index in [0.717, 1.165) is 39.6 Å². The van der Waals surface area contributed by atoms with Gasteiger partial charge in [0.2, 0.25) is 0 Å². The van der Waals surface area contributed by atoms with Gasteiger partial charge in [0.25, 0.3) is 0 Å². The summed E-state index contributed by atoms with van der Waals surface area (Å²) in [6.45, 7) is 3.69. The van der Waals surface area contributed by atoms with E-state index in [1.54, 1.807) is 6.20 Å². The predicted octanol–water partition coefficient (Wildman–Crippen LogP) is 3.95. The van der Waals surface area contributed by atoms with Gasteiger partial charge in [-0.15, -0.1) is 0 Å². The van der Waals surface area contributed by atoms with Crippen molar-refractivity contribution in [2.45, 2.75) is 19.8 Å². The molecule has 4 rings (SSSR count). The van der Waals surface area contributed by atoms with Crippen LogP contribution in [0.5, 0.6) is 0 Å². The zero-order valence-electron chi connectivity index (χ0n) is 16.2. The highest BCUT2D eigenvalue weighted by Crippen LogP contribution is 2.28. The van der Waals surface area contributed by atoms with E-state index in [-0.39, 0.29) is 6.03 Å². The Morgan fingerprint density at radius 1 is 1.28 bits per heavy atom. The van der Waals surface area contributed by atoms with Gasteiger partial charge in [0.15, 0.2) is 5.13 Å². The van der Waals surface area contributed by atoms with Crippen LogP contribution in [-0.2, 0) is 4.74 Å². The topological polar surface area (TPSA) is 76.1 Å². The van der Waals surface area contributed by atoms with E-state index in [9.17, 15) is 4.79 Å². The molecule has 2 aromatic heterocycles. The molecule has 2 amide bonds. The van der Waals surface area contributed by atoms with Crippen molar-refractivity contribution in [1.29, 1.82) is 0 Å². The summed E-state index contributed by atoms with van der Waals surface area (Å²) in [5.41, 5.74) is 2.63. The molecule has 3 aromatic rings. The summed E-state index contributed by atoms with van der Waals surface area (Å²) in [5, 5.41) is 7.10. The van der Waals surface area contributed by atoms with Crippen molar-refractivity contribution < 1.29 is 9.53 Å². The molecule has 1 aliphatic rings. The number of nitrogens with one attached hydrogen (secondary N) is 2. The quantitative estimate of drug-likeness (QED) is 0.480. The van der Waals surface area contributed by atoms with Crippen LogP contribution in [0, 0.1) is 24.7 Å². The van der Waals surface area contributed by atoms with Crippen molar-refractivity contribution in [3.63, 3.8) is 0 Å². The number of benzene rings is 1. The molecule has 1 saturated carbocycles.